The summed E-state index contributed by atoms with van der Waals surface area (Å²) in [5, 5.41) is 2.72. The molecule has 1 fully saturated rings. The van der Waals surface area contributed by atoms with Crippen molar-refractivity contribution in [1.82, 2.24) is 19.6 Å². The van der Waals surface area contributed by atoms with Crippen LogP contribution in [0, 0.1) is 0 Å². The van der Waals surface area contributed by atoms with Gasteiger partial charge in [0.2, 0.25) is 21.9 Å². The number of likely N-dealkylation sites (tertiary alicyclic amines) is 1. The predicted molar refractivity (Wildman–Crippen MR) is 72.6 cm³/mol. The first-order chi connectivity index (χ1) is 9.42. The highest BCUT2D eigenvalue weighted by Crippen LogP contribution is 2.14. The zero-order chi connectivity index (χ0) is 14.8. The molecule has 1 unspecified atom stereocenters. The summed E-state index contributed by atoms with van der Waals surface area (Å²) in [5.74, 6) is 0.383. The van der Waals surface area contributed by atoms with Gasteiger partial charge in [0.15, 0.2) is 0 Å². The van der Waals surface area contributed by atoms with Crippen LogP contribution in [0.5, 0.6) is 0 Å². The molecule has 0 aromatic carbocycles. The van der Waals surface area contributed by atoms with Gasteiger partial charge in [0.05, 0.1) is 12.4 Å². The Hall–Kier alpha value is -1.74. The molecule has 0 radical (unpaired) electrons. The molecule has 2 rings (SSSR count). The van der Waals surface area contributed by atoms with E-state index in [0.717, 1.165) is 0 Å². The SMILES string of the molecule is CNc1ncc(S(=O)(=O)NC2CCC(=O)N(C)C2)cn1. The van der Waals surface area contributed by atoms with Gasteiger partial charge in [-0.3, -0.25) is 4.79 Å². The number of amides is 1. The van der Waals surface area contributed by atoms with Crippen LogP contribution in [0.3, 0.4) is 0 Å². The highest BCUT2D eigenvalue weighted by atomic mass is 32.2. The van der Waals surface area contributed by atoms with Gasteiger partial charge in [-0.25, -0.2) is 23.1 Å². The maximum absolute atomic E-state index is 12.2. The summed E-state index contributed by atoms with van der Waals surface area (Å²) >= 11 is 0. The van der Waals surface area contributed by atoms with Crippen molar-refractivity contribution in [3.63, 3.8) is 0 Å². The molecule has 9 heteroatoms. The first-order valence-corrected chi connectivity index (χ1v) is 7.67. The number of aromatic nitrogens is 2. The monoisotopic (exact) mass is 299 g/mol. The Morgan fingerprint density at radius 2 is 2.00 bits per heavy atom. The first-order valence-electron chi connectivity index (χ1n) is 6.18. The minimum absolute atomic E-state index is 0.0102. The lowest BCUT2D eigenvalue weighted by atomic mass is 10.1. The summed E-state index contributed by atoms with van der Waals surface area (Å²) in [7, 11) is -0.357. The Balaban J connectivity index is 2.08. The van der Waals surface area contributed by atoms with Crippen LogP contribution in [0.25, 0.3) is 0 Å². The largest absolute Gasteiger partial charge is 0.357 e. The Morgan fingerprint density at radius 1 is 1.35 bits per heavy atom. The highest BCUT2D eigenvalue weighted by Gasteiger charge is 2.27. The van der Waals surface area contributed by atoms with Crippen LogP contribution in [-0.4, -0.2) is 55.9 Å². The number of rotatable bonds is 4. The van der Waals surface area contributed by atoms with E-state index in [4.69, 9.17) is 0 Å². The fraction of sp³-hybridized carbons (Fsp3) is 0.545. The minimum Gasteiger partial charge on any atom is -0.357 e. The van der Waals surface area contributed by atoms with Crippen molar-refractivity contribution in [3.8, 4) is 0 Å². The van der Waals surface area contributed by atoms with E-state index >= 15 is 0 Å². The van der Waals surface area contributed by atoms with Crippen LogP contribution in [0.1, 0.15) is 12.8 Å². The predicted octanol–water partition coefficient (Wildman–Crippen LogP) is -0.583. The van der Waals surface area contributed by atoms with E-state index in [1.54, 1.807) is 14.1 Å². The van der Waals surface area contributed by atoms with Crippen molar-refractivity contribution in [3.05, 3.63) is 12.4 Å². The third kappa shape index (κ3) is 3.23. The van der Waals surface area contributed by atoms with E-state index in [1.165, 1.54) is 17.3 Å². The summed E-state index contributed by atoms with van der Waals surface area (Å²) in [4.78, 5) is 20.7. The molecule has 20 heavy (non-hydrogen) atoms. The molecule has 1 saturated heterocycles. The molecule has 1 aromatic heterocycles. The number of carbonyl (C=O) groups is 1. The second kappa shape index (κ2) is 5.71. The number of nitrogens with zero attached hydrogens (tertiary/aromatic N) is 3. The first kappa shape index (κ1) is 14.7. The molecule has 1 aliphatic heterocycles. The average Bonchev–Trinajstić information content (AvgIpc) is 2.43. The van der Waals surface area contributed by atoms with Gasteiger partial charge in [0.1, 0.15) is 4.90 Å². The smallest absolute Gasteiger partial charge is 0.243 e. The second-order valence-electron chi connectivity index (χ2n) is 4.62. The Morgan fingerprint density at radius 3 is 2.55 bits per heavy atom. The van der Waals surface area contributed by atoms with Crippen molar-refractivity contribution in [1.29, 1.82) is 0 Å². The third-order valence-corrected chi connectivity index (χ3v) is 4.59. The van der Waals surface area contributed by atoms with Crippen molar-refractivity contribution in [2.24, 2.45) is 0 Å². The summed E-state index contributed by atoms with van der Waals surface area (Å²) in [6, 6.07) is -0.285. The van der Waals surface area contributed by atoms with Crippen molar-refractivity contribution < 1.29 is 13.2 Å². The average molecular weight is 299 g/mol. The fourth-order valence-corrected chi connectivity index (χ4v) is 3.13. The van der Waals surface area contributed by atoms with E-state index in [1.807, 2.05) is 0 Å². The van der Waals surface area contributed by atoms with Crippen LogP contribution in [0.4, 0.5) is 5.95 Å². The summed E-state index contributed by atoms with van der Waals surface area (Å²) in [5.41, 5.74) is 0. The number of sulfonamides is 1. The normalized spacial score (nSPS) is 20.0. The van der Waals surface area contributed by atoms with Crippen LogP contribution in [0.2, 0.25) is 0 Å². The molecule has 0 bridgehead atoms. The van der Waals surface area contributed by atoms with E-state index < -0.39 is 10.0 Å². The Labute approximate surface area is 117 Å². The maximum atomic E-state index is 12.2. The molecule has 1 amide bonds. The van der Waals surface area contributed by atoms with Gasteiger partial charge in [-0.05, 0) is 6.42 Å². The second-order valence-corrected chi connectivity index (χ2v) is 6.34. The number of hydrogen-bond donors (Lipinski definition) is 2. The van der Waals surface area contributed by atoms with E-state index in [0.29, 0.717) is 25.3 Å². The van der Waals surface area contributed by atoms with E-state index in [2.05, 4.69) is 20.0 Å². The van der Waals surface area contributed by atoms with Gasteiger partial charge >= 0.3 is 0 Å². The van der Waals surface area contributed by atoms with Crippen LogP contribution < -0.4 is 10.0 Å². The number of nitrogens with one attached hydrogen (secondary N) is 2. The van der Waals surface area contributed by atoms with Gasteiger partial charge in [0.25, 0.3) is 0 Å². The molecule has 0 saturated carbocycles. The molecule has 0 spiro atoms. The molecule has 1 aliphatic rings. The van der Waals surface area contributed by atoms with Crippen molar-refractivity contribution >= 4 is 21.9 Å². The Bertz CT molecular complexity index is 587. The lowest BCUT2D eigenvalue weighted by molar-refractivity contribution is -0.132. The van der Waals surface area contributed by atoms with Crippen molar-refractivity contribution in [2.75, 3.05) is 26.0 Å². The molecule has 2 N–H and O–H groups in total. The number of hydrogen-bond acceptors (Lipinski definition) is 6. The van der Waals surface area contributed by atoms with Gasteiger partial charge < -0.3 is 10.2 Å². The summed E-state index contributed by atoms with van der Waals surface area (Å²) in [6.07, 6.45) is 3.34. The van der Waals surface area contributed by atoms with Gasteiger partial charge in [-0.1, -0.05) is 0 Å². The molecule has 2 heterocycles. The lowest BCUT2D eigenvalue weighted by Gasteiger charge is -2.29. The van der Waals surface area contributed by atoms with Crippen LogP contribution in [-0.2, 0) is 14.8 Å². The lowest BCUT2D eigenvalue weighted by Crippen LogP contribution is -2.48. The molecule has 110 valence electrons. The maximum Gasteiger partial charge on any atom is 0.243 e. The van der Waals surface area contributed by atoms with Gasteiger partial charge in [-0.15, -0.1) is 0 Å². The van der Waals surface area contributed by atoms with E-state index in [-0.39, 0.29) is 16.8 Å². The number of anilines is 1. The molecule has 8 nitrogen and oxygen atoms in total. The molecule has 1 aromatic rings. The van der Waals surface area contributed by atoms with Crippen molar-refractivity contribution in [2.45, 2.75) is 23.8 Å². The van der Waals surface area contributed by atoms with E-state index in [9.17, 15) is 13.2 Å². The minimum atomic E-state index is -3.67. The van der Waals surface area contributed by atoms with Crippen LogP contribution >= 0.6 is 0 Å². The zero-order valence-corrected chi connectivity index (χ0v) is 12.1. The number of piperidine rings is 1. The van der Waals surface area contributed by atoms with Gasteiger partial charge in [-0.2, -0.15) is 0 Å². The zero-order valence-electron chi connectivity index (χ0n) is 11.3. The fourth-order valence-electron chi connectivity index (χ4n) is 1.98. The van der Waals surface area contributed by atoms with Gasteiger partial charge in [0, 0.05) is 33.1 Å². The number of carbonyl (C=O) groups excluding carboxylic acids is 1. The molecular weight excluding hydrogens is 282 g/mol. The summed E-state index contributed by atoms with van der Waals surface area (Å²) in [6.45, 7) is 0.369. The van der Waals surface area contributed by atoms with Crippen LogP contribution in [0.15, 0.2) is 17.3 Å². The summed E-state index contributed by atoms with van der Waals surface area (Å²) < 4.78 is 26.9. The highest BCUT2D eigenvalue weighted by molar-refractivity contribution is 7.89. The Kier molecular flexibility index (Phi) is 4.19. The quantitative estimate of drug-likeness (QED) is 0.770. The standard InChI is InChI=1S/C11H17N5O3S/c1-12-11-13-5-9(6-14-11)20(18,19)15-8-3-4-10(17)16(2)7-8/h5-6,8,15H,3-4,7H2,1-2H3,(H,12,13,14). The topological polar surface area (TPSA) is 104 Å². The molecule has 0 aliphatic carbocycles. The third-order valence-electron chi connectivity index (χ3n) is 3.11. The molecular formula is C11H17N5O3S. The number of likely N-dealkylation sites (N-methyl/N-ethyl adjacent to an activating group) is 1. The molecule has 1 atom stereocenters.